The molecule has 2 rings (SSSR count). The summed E-state index contributed by atoms with van der Waals surface area (Å²) in [5, 5.41) is 28.3. The Morgan fingerprint density at radius 3 is 2.69 bits per heavy atom. The van der Waals surface area contributed by atoms with Gasteiger partial charge in [0.2, 0.25) is 6.29 Å². The molecule has 2 saturated heterocycles. The van der Waals surface area contributed by atoms with Crippen LogP contribution in [0.5, 0.6) is 0 Å². The molecule has 148 valence electrons. The van der Waals surface area contributed by atoms with Crippen LogP contribution in [0.1, 0.15) is 6.92 Å². The van der Waals surface area contributed by atoms with Gasteiger partial charge in [0, 0.05) is 0 Å². The number of hydrogen-bond donors (Lipinski definition) is 3. The summed E-state index contributed by atoms with van der Waals surface area (Å²) in [6, 6.07) is 0. The Kier molecular flexibility index (Phi) is 7.58. The van der Waals surface area contributed by atoms with Crippen molar-refractivity contribution >= 4 is 18.5 Å². The Morgan fingerprint density at radius 1 is 1.35 bits per heavy atom. The average molecular weight is 378 g/mol. The Labute approximate surface area is 148 Å². The highest BCUT2D eigenvalue weighted by atomic mass is 16.7. The van der Waals surface area contributed by atoms with Crippen LogP contribution < -0.4 is 0 Å². The van der Waals surface area contributed by atoms with Crippen molar-refractivity contribution in [3.63, 3.8) is 0 Å². The van der Waals surface area contributed by atoms with E-state index in [-0.39, 0.29) is 12.9 Å². The molecule has 4 unspecified atom stereocenters. The van der Waals surface area contributed by atoms with E-state index in [2.05, 4.69) is 0 Å². The summed E-state index contributed by atoms with van der Waals surface area (Å²) in [6.45, 7) is 0.727. The molecule has 0 amide bonds. The van der Waals surface area contributed by atoms with Crippen molar-refractivity contribution in [2.75, 3.05) is 19.8 Å². The van der Waals surface area contributed by atoms with Gasteiger partial charge in [-0.3, -0.25) is 4.79 Å². The molecule has 2 fully saturated rings. The number of aldehydes is 2. The maximum Gasteiger partial charge on any atom is 0.329 e. The predicted molar refractivity (Wildman–Crippen MR) is 80.2 cm³/mol. The second kappa shape index (κ2) is 9.46. The van der Waals surface area contributed by atoms with E-state index in [0.29, 0.717) is 6.29 Å². The van der Waals surface area contributed by atoms with Crippen LogP contribution in [-0.4, -0.2) is 103 Å². The fourth-order valence-corrected chi connectivity index (χ4v) is 2.80. The van der Waals surface area contributed by atoms with Crippen molar-refractivity contribution in [2.24, 2.45) is 0 Å². The molecule has 0 radical (unpaired) electrons. The molecule has 2 bridgehead atoms. The van der Waals surface area contributed by atoms with E-state index in [1.165, 1.54) is 0 Å². The molecule has 8 atom stereocenters. The number of carbonyl (C=O) groups excluding carboxylic acids is 2. The van der Waals surface area contributed by atoms with Crippen molar-refractivity contribution in [1.82, 2.24) is 0 Å². The van der Waals surface area contributed by atoms with Crippen molar-refractivity contribution in [3.05, 3.63) is 0 Å². The first kappa shape index (κ1) is 20.8. The fraction of sp³-hybridized carbons (Fsp3) is 0.800. The van der Waals surface area contributed by atoms with E-state index in [4.69, 9.17) is 28.8 Å². The van der Waals surface area contributed by atoms with Crippen molar-refractivity contribution in [3.8, 4) is 0 Å². The summed E-state index contributed by atoms with van der Waals surface area (Å²) >= 11 is 0. The molecule has 0 spiro atoms. The quantitative estimate of drug-likeness (QED) is 0.257. The SMILES string of the molecule is CC1OC2CO[C@H](C2OC(C=O)O[C@H](COCC(=O)O)[C@H](O)C=O)[C@@H]1O. The van der Waals surface area contributed by atoms with Gasteiger partial charge >= 0.3 is 5.97 Å². The number of carbonyl (C=O) groups is 3. The monoisotopic (exact) mass is 378 g/mol. The molecule has 0 aromatic carbocycles. The third-order valence-corrected chi connectivity index (χ3v) is 4.09. The maximum atomic E-state index is 11.3. The van der Waals surface area contributed by atoms with Crippen LogP contribution in [0.2, 0.25) is 0 Å². The first-order valence-electron chi connectivity index (χ1n) is 8.01. The summed E-state index contributed by atoms with van der Waals surface area (Å²) in [4.78, 5) is 32.5. The number of ether oxygens (including phenoxy) is 5. The summed E-state index contributed by atoms with van der Waals surface area (Å²) < 4.78 is 26.5. The Morgan fingerprint density at radius 2 is 2.08 bits per heavy atom. The summed E-state index contributed by atoms with van der Waals surface area (Å²) in [6.07, 6.45) is -7.46. The lowest BCUT2D eigenvalue weighted by atomic mass is 9.98. The standard InChI is InChI=1S/C15H22O11/c1-7-13(21)15-14(10(24-7)5-23-15)26-12(3-17)25-9(8(18)2-16)4-22-6-11(19)20/h2-3,7-10,12-15,18,21H,4-6H2,1H3,(H,19,20)/t7?,8-,9-,10?,12?,13-,14?,15+/m1/s1. The van der Waals surface area contributed by atoms with Crippen molar-refractivity contribution in [2.45, 2.75) is 55.9 Å². The second-order valence-corrected chi connectivity index (χ2v) is 5.98. The number of aliphatic hydroxyl groups excluding tert-OH is 2. The molecule has 0 aliphatic carbocycles. The smallest absolute Gasteiger partial charge is 0.329 e. The molecular weight excluding hydrogens is 356 g/mol. The third-order valence-electron chi connectivity index (χ3n) is 4.09. The zero-order valence-corrected chi connectivity index (χ0v) is 14.0. The number of aliphatic carboxylic acids is 1. The van der Waals surface area contributed by atoms with Crippen LogP contribution in [0.4, 0.5) is 0 Å². The largest absolute Gasteiger partial charge is 0.480 e. The van der Waals surface area contributed by atoms with Gasteiger partial charge in [0.05, 0.1) is 19.3 Å². The highest BCUT2D eigenvalue weighted by Crippen LogP contribution is 2.32. The minimum atomic E-state index is -1.66. The second-order valence-electron chi connectivity index (χ2n) is 5.98. The Hall–Kier alpha value is -1.47. The number of fused-ring (bicyclic) bond motifs is 2. The van der Waals surface area contributed by atoms with Gasteiger partial charge in [-0.2, -0.15) is 0 Å². The van der Waals surface area contributed by atoms with Gasteiger partial charge in [-0.05, 0) is 6.92 Å². The van der Waals surface area contributed by atoms with E-state index in [1.807, 2.05) is 0 Å². The van der Waals surface area contributed by atoms with Gasteiger partial charge in [0.25, 0.3) is 0 Å². The molecule has 2 heterocycles. The molecule has 11 nitrogen and oxygen atoms in total. The fourth-order valence-electron chi connectivity index (χ4n) is 2.80. The lowest BCUT2D eigenvalue weighted by Crippen LogP contribution is -2.54. The third kappa shape index (κ3) is 5.04. The first-order chi connectivity index (χ1) is 12.4. The molecule has 3 N–H and O–H groups in total. The number of carboxylic acid groups (broad SMARTS) is 1. The van der Waals surface area contributed by atoms with E-state index < -0.39 is 68.2 Å². The van der Waals surface area contributed by atoms with Gasteiger partial charge in [-0.1, -0.05) is 0 Å². The summed E-state index contributed by atoms with van der Waals surface area (Å²) in [5.41, 5.74) is 0. The van der Waals surface area contributed by atoms with Crippen LogP contribution >= 0.6 is 0 Å². The predicted octanol–water partition coefficient (Wildman–Crippen LogP) is -2.51. The molecule has 2 aliphatic heterocycles. The van der Waals surface area contributed by atoms with Crippen LogP contribution in [0.15, 0.2) is 0 Å². The minimum Gasteiger partial charge on any atom is -0.480 e. The van der Waals surface area contributed by atoms with Crippen molar-refractivity contribution in [1.29, 1.82) is 0 Å². The van der Waals surface area contributed by atoms with E-state index in [0.717, 1.165) is 0 Å². The van der Waals surface area contributed by atoms with Crippen molar-refractivity contribution < 1.29 is 53.4 Å². The van der Waals surface area contributed by atoms with Crippen LogP contribution in [0.3, 0.4) is 0 Å². The van der Waals surface area contributed by atoms with Crippen LogP contribution in [0, 0.1) is 0 Å². The normalized spacial score (nSPS) is 34.0. The van der Waals surface area contributed by atoms with Crippen LogP contribution in [-0.2, 0) is 38.1 Å². The lowest BCUT2D eigenvalue weighted by Gasteiger charge is -2.37. The summed E-state index contributed by atoms with van der Waals surface area (Å²) in [7, 11) is 0. The van der Waals surface area contributed by atoms with Gasteiger partial charge in [-0.25, -0.2) is 4.79 Å². The summed E-state index contributed by atoms with van der Waals surface area (Å²) in [5.74, 6) is -1.25. The van der Waals surface area contributed by atoms with Gasteiger partial charge in [0.15, 0.2) is 12.6 Å². The maximum absolute atomic E-state index is 11.3. The highest BCUT2D eigenvalue weighted by molar-refractivity contribution is 5.68. The van der Waals surface area contributed by atoms with E-state index in [9.17, 15) is 24.6 Å². The highest BCUT2D eigenvalue weighted by Gasteiger charge is 2.51. The number of aliphatic hydroxyl groups is 2. The van der Waals surface area contributed by atoms with Gasteiger partial charge in [0.1, 0.15) is 43.2 Å². The number of hydrogen-bond acceptors (Lipinski definition) is 10. The first-order valence-corrected chi connectivity index (χ1v) is 8.01. The molecule has 0 saturated carbocycles. The Bertz CT molecular complexity index is 498. The molecule has 0 aromatic heterocycles. The molecule has 2 aliphatic rings. The molecule has 11 heteroatoms. The number of rotatable bonds is 11. The van der Waals surface area contributed by atoms with Crippen LogP contribution in [0.25, 0.3) is 0 Å². The minimum absolute atomic E-state index is 0.165. The average Bonchev–Trinajstić information content (AvgIpc) is 2.92. The van der Waals surface area contributed by atoms with Gasteiger partial charge in [-0.15, -0.1) is 0 Å². The lowest BCUT2D eigenvalue weighted by molar-refractivity contribution is -0.249. The molecule has 0 aromatic rings. The topological polar surface area (TPSA) is 158 Å². The number of carboxylic acids is 1. The zero-order valence-electron chi connectivity index (χ0n) is 14.0. The molecule has 26 heavy (non-hydrogen) atoms. The van der Waals surface area contributed by atoms with Gasteiger partial charge < -0.3 is 43.8 Å². The molecular formula is C15H22O11. The zero-order chi connectivity index (χ0) is 19.3. The Balaban J connectivity index is 1.96. The van der Waals surface area contributed by atoms with E-state index >= 15 is 0 Å². The van der Waals surface area contributed by atoms with E-state index in [1.54, 1.807) is 6.92 Å².